The molecule has 1 amide bonds. The maximum atomic E-state index is 11.6. The van der Waals surface area contributed by atoms with E-state index in [1.165, 1.54) is 12.3 Å². The van der Waals surface area contributed by atoms with Crippen molar-refractivity contribution in [3.63, 3.8) is 0 Å². The third kappa shape index (κ3) is 3.36. The van der Waals surface area contributed by atoms with Crippen LogP contribution in [0.5, 0.6) is 0 Å². The summed E-state index contributed by atoms with van der Waals surface area (Å²) < 4.78 is 0. The lowest BCUT2D eigenvalue weighted by molar-refractivity contribution is 0.0939. The van der Waals surface area contributed by atoms with Crippen molar-refractivity contribution < 1.29 is 4.79 Å². The molecule has 0 bridgehead atoms. The van der Waals surface area contributed by atoms with E-state index >= 15 is 0 Å². The van der Waals surface area contributed by atoms with E-state index in [1.807, 2.05) is 13.8 Å². The van der Waals surface area contributed by atoms with E-state index in [4.69, 9.17) is 23.2 Å². The summed E-state index contributed by atoms with van der Waals surface area (Å²) in [6.07, 6.45) is 2.28. The number of rotatable bonds is 3. The molecule has 1 heterocycles. The minimum absolute atomic E-state index is 0.131. The Kier molecular flexibility index (Phi) is 4.36. The summed E-state index contributed by atoms with van der Waals surface area (Å²) in [6.45, 7) is 3.93. The van der Waals surface area contributed by atoms with Crippen LogP contribution in [0.4, 0.5) is 0 Å². The van der Waals surface area contributed by atoms with Gasteiger partial charge in [-0.15, -0.1) is 0 Å². The van der Waals surface area contributed by atoms with Crippen molar-refractivity contribution in [3.8, 4) is 0 Å². The summed E-state index contributed by atoms with van der Waals surface area (Å²) in [5.41, 5.74) is 0.421. The van der Waals surface area contributed by atoms with Crippen LogP contribution in [0, 0.1) is 0 Å². The van der Waals surface area contributed by atoms with Crippen molar-refractivity contribution in [2.45, 2.75) is 26.3 Å². The second kappa shape index (κ2) is 5.33. The van der Waals surface area contributed by atoms with Crippen LogP contribution < -0.4 is 5.32 Å². The number of carbonyl (C=O) groups excluding carboxylic acids is 1. The topological polar surface area (TPSA) is 42.0 Å². The maximum absolute atomic E-state index is 11.6. The van der Waals surface area contributed by atoms with Gasteiger partial charge in [-0.3, -0.25) is 4.79 Å². The van der Waals surface area contributed by atoms with Gasteiger partial charge >= 0.3 is 0 Å². The highest BCUT2D eigenvalue weighted by molar-refractivity contribution is 6.41. The van der Waals surface area contributed by atoms with Crippen LogP contribution in [0.3, 0.4) is 0 Å². The van der Waals surface area contributed by atoms with Crippen molar-refractivity contribution in [2.24, 2.45) is 0 Å². The Bertz CT molecular complexity index is 368. The Morgan fingerprint density at radius 2 is 2.27 bits per heavy atom. The lowest BCUT2D eigenvalue weighted by Gasteiger charge is -2.11. The van der Waals surface area contributed by atoms with Gasteiger partial charge in [-0.25, -0.2) is 4.98 Å². The Hall–Kier alpha value is -0.800. The highest BCUT2D eigenvalue weighted by Crippen LogP contribution is 2.19. The van der Waals surface area contributed by atoms with Crippen LogP contribution in [-0.2, 0) is 0 Å². The number of hydrogen-bond donors (Lipinski definition) is 1. The average Bonchev–Trinajstić information content (AvgIpc) is 2.21. The summed E-state index contributed by atoms with van der Waals surface area (Å²) >= 11 is 11.4. The van der Waals surface area contributed by atoms with Crippen LogP contribution in [0.1, 0.15) is 30.6 Å². The summed E-state index contributed by atoms with van der Waals surface area (Å²) in [4.78, 5) is 15.4. The highest BCUT2D eigenvalue weighted by atomic mass is 35.5. The predicted molar refractivity (Wildman–Crippen MR) is 61.5 cm³/mol. The van der Waals surface area contributed by atoms with Gasteiger partial charge < -0.3 is 5.32 Å². The van der Waals surface area contributed by atoms with Crippen LogP contribution in [0.2, 0.25) is 10.2 Å². The first-order valence-electron chi connectivity index (χ1n) is 4.66. The minimum atomic E-state index is -0.185. The molecule has 0 fully saturated rings. The Morgan fingerprint density at radius 3 is 2.80 bits per heavy atom. The van der Waals surface area contributed by atoms with E-state index in [-0.39, 0.29) is 22.1 Å². The molecule has 0 aliphatic carbocycles. The molecule has 1 atom stereocenters. The second-order valence-corrected chi connectivity index (χ2v) is 4.04. The van der Waals surface area contributed by atoms with Crippen molar-refractivity contribution in [3.05, 3.63) is 28.0 Å². The van der Waals surface area contributed by atoms with E-state index in [2.05, 4.69) is 10.3 Å². The number of carbonyl (C=O) groups is 1. The molecular formula is C10H12Cl2N2O. The number of amides is 1. The fourth-order valence-corrected chi connectivity index (χ4v) is 1.22. The van der Waals surface area contributed by atoms with Gasteiger partial charge in [0.2, 0.25) is 0 Å². The van der Waals surface area contributed by atoms with Crippen molar-refractivity contribution in [2.75, 3.05) is 0 Å². The first-order valence-corrected chi connectivity index (χ1v) is 5.42. The summed E-state index contributed by atoms with van der Waals surface area (Å²) in [5, 5.41) is 3.30. The minimum Gasteiger partial charge on any atom is -0.350 e. The van der Waals surface area contributed by atoms with Gasteiger partial charge in [-0.05, 0) is 19.4 Å². The first-order chi connectivity index (χ1) is 7.04. The fourth-order valence-electron chi connectivity index (χ4n) is 0.955. The number of nitrogens with one attached hydrogen (secondary N) is 1. The standard InChI is InChI=1S/C10H12Cl2N2O/c1-3-6(2)14-10(15)7-4-8(11)9(12)13-5-7/h4-6H,3H2,1-2H3,(H,14,15). The smallest absolute Gasteiger partial charge is 0.253 e. The van der Waals surface area contributed by atoms with Crippen LogP contribution >= 0.6 is 23.2 Å². The quantitative estimate of drug-likeness (QED) is 0.834. The molecule has 1 unspecified atom stereocenters. The predicted octanol–water partition coefficient (Wildman–Crippen LogP) is 2.92. The molecule has 5 heteroatoms. The van der Waals surface area contributed by atoms with Gasteiger partial charge in [0.25, 0.3) is 5.91 Å². The van der Waals surface area contributed by atoms with Gasteiger partial charge in [-0.1, -0.05) is 30.1 Å². The maximum Gasteiger partial charge on any atom is 0.253 e. The van der Waals surface area contributed by atoms with E-state index in [9.17, 15) is 4.79 Å². The molecule has 1 rings (SSSR count). The van der Waals surface area contributed by atoms with Gasteiger partial charge in [0, 0.05) is 12.2 Å². The van der Waals surface area contributed by atoms with Crippen molar-refractivity contribution >= 4 is 29.1 Å². The molecule has 3 nitrogen and oxygen atoms in total. The molecule has 0 aliphatic rings. The molecule has 1 aromatic rings. The summed E-state index contributed by atoms with van der Waals surface area (Å²) in [7, 11) is 0. The molecule has 82 valence electrons. The number of pyridine rings is 1. The zero-order chi connectivity index (χ0) is 11.4. The van der Waals surface area contributed by atoms with Gasteiger partial charge in [0.05, 0.1) is 10.6 Å². The molecule has 0 aromatic carbocycles. The molecule has 1 N–H and O–H groups in total. The normalized spacial score (nSPS) is 12.3. The van der Waals surface area contributed by atoms with Crippen LogP contribution in [0.25, 0.3) is 0 Å². The van der Waals surface area contributed by atoms with Crippen LogP contribution in [0.15, 0.2) is 12.3 Å². The Morgan fingerprint density at radius 1 is 1.60 bits per heavy atom. The van der Waals surface area contributed by atoms with E-state index < -0.39 is 0 Å². The Balaban J connectivity index is 2.78. The molecule has 0 saturated heterocycles. The summed E-state index contributed by atoms with van der Waals surface area (Å²) in [5.74, 6) is -0.185. The van der Waals surface area contributed by atoms with Crippen molar-refractivity contribution in [1.82, 2.24) is 10.3 Å². The number of halogens is 2. The number of nitrogens with zero attached hydrogens (tertiary/aromatic N) is 1. The monoisotopic (exact) mass is 246 g/mol. The third-order valence-corrected chi connectivity index (χ3v) is 2.73. The molecule has 0 saturated carbocycles. The van der Waals surface area contributed by atoms with E-state index in [0.29, 0.717) is 5.56 Å². The van der Waals surface area contributed by atoms with Crippen LogP contribution in [-0.4, -0.2) is 16.9 Å². The second-order valence-electron chi connectivity index (χ2n) is 3.28. The molecule has 1 aromatic heterocycles. The lowest BCUT2D eigenvalue weighted by atomic mass is 10.2. The van der Waals surface area contributed by atoms with Gasteiger partial charge in [0.1, 0.15) is 5.15 Å². The molecule has 15 heavy (non-hydrogen) atoms. The SMILES string of the molecule is CCC(C)NC(=O)c1cnc(Cl)c(Cl)c1. The molecule has 0 spiro atoms. The summed E-state index contributed by atoms with van der Waals surface area (Å²) in [6, 6.07) is 1.64. The van der Waals surface area contributed by atoms with E-state index in [1.54, 1.807) is 0 Å². The zero-order valence-electron chi connectivity index (χ0n) is 8.55. The van der Waals surface area contributed by atoms with Crippen molar-refractivity contribution in [1.29, 1.82) is 0 Å². The molecule has 0 aliphatic heterocycles. The third-order valence-electron chi connectivity index (χ3n) is 2.05. The largest absolute Gasteiger partial charge is 0.350 e. The van der Waals surface area contributed by atoms with Gasteiger partial charge in [0.15, 0.2) is 0 Å². The lowest BCUT2D eigenvalue weighted by Crippen LogP contribution is -2.31. The Labute approximate surface area is 98.8 Å². The van der Waals surface area contributed by atoms with E-state index in [0.717, 1.165) is 6.42 Å². The number of aromatic nitrogens is 1. The number of hydrogen-bond acceptors (Lipinski definition) is 2. The average molecular weight is 247 g/mol. The highest BCUT2D eigenvalue weighted by Gasteiger charge is 2.10. The van der Waals surface area contributed by atoms with Gasteiger partial charge in [-0.2, -0.15) is 0 Å². The fraction of sp³-hybridized carbons (Fsp3) is 0.400. The first kappa shape index (κ1) is 12.3. The molecule has 0 radical (unpaired) electrons. The molecular weight excluding hydrogens is 235 g/mol. The zero-order valence-corrected chi connectivity index (χ0v) is 10.1.